The molecule has 0 aromatic rings. The highest BCUT2D eigenvalue weighted by Gasteiger charge is 2.75. The lowest BCUT2D eigenvalue weighted by atomic mass is 9.71. The van der Waals surface area contributed by atoms with Gasteiger partial charge in [0, 0.05) is 36.3 Å². The minimum atomic E-state index is -0.976. The summed E-state index contributed by atoms with van der Waals surface area (Å²) in [6.07, 6.45) is 4.42. The van der Waals surface area contributed by atoms with E-state index >= 15 is 0 Å². The van der Waals surface area contributed by atoms with E-state index in [0.29, 0.717) is 25.9 Å². The first kappa shape index (κ1) is 22.6. The molecule has 0 radical (unpaired) electrons. The van der Waals surface area contributed by atoms with Crippen LogP contribution in [0.25, 0.3) is 0 Å². The molecule has 2 bridgehead atoms. The molecule has 3 heterocycles. The van der Waals surface area contributed by atoms with Gasteiger partial charge in [-0.15, -0.1) is 18.3 Å². The maximum atomic E-state index is 13.7. The Hall–Kier alpha value is -1.06. The van der Waals surface area contributed by atoms with Crippen LogP contribution in [0.3, 0.4) is 0 Å². The highest BCUT2D eigenvalue weighted by atomic mass is 79.9. The van der Waals surface area contributed by atoms with Crippen molar-refractivity contribution in [2.75, 3.05) is 26.2 Å². The van der Waals surface area contributed by atoms with Crippen LogP contribution < -0.4 is 0 Å². The van der Waals surface area contributed by atoms with Gasteiger partial charge in [0.2, 0.25) is 11.8 Å². The number of amides is 2. The number of unbranched alkanes of at least 4 members (excludes halogenated alkanes) is 1. The number of carbonyl (C=O) groups excluding carboxylic acids is 2. The van der Waals surface area contributed by atoms with Gasteiger partial charge in [-0.3, -0.25) is 14.4 Å². The minimum absolute atomic E-state index is 0.0470. The van der Waals surface area contributed by atoms with Gasteiger partial charge in [0.1, 0.15) is 6.04 Å². The Labute approximate surface area is 184 Å². The highest BCUT2D eigenvalue weighted by Crippen LogP contribution is 2.67. The third-order valence-electron chi connectivity index (χ3n) is 6.31. The van der Waals surface area contributed by atoms with Crippen molar-refractivity contribution in [3.8, 4) is 0 Å². The lowest BCUT2D eigenvalue weighted by Gasteiger charge is -2.37. The van der Waals surface area contributed by atoms with E-state index in [1.807, 2.05) is 0 Å². The second-order valence-electron chi connectivity index (χ2n) is 8.04. The zero-order valence-electron chi connectivity index (χ0n) is 16.6. The summed E-state index contributed by atoms with van der Waals surface area (Å²) in [6.45, 7) is 6.96. The van der Waals surface area contributed by atoms with Gasteiger partial charge in [-0.05, 0) is 19.3 Å². The van der Waals surface area contributed by atoms with Crippen molar-refractivity contribution in [1.82, 2.24) is 9.80 Å². The fraction of sp³-hybridized carbons (Fsp3) is 0.750. The number of aliphatic hydroxyl groups is 1. The van der Waals surface area contributed by atoms with E-state index in [-0.39, 0.29) is 35.0 Å². The smallest absolute Gasteiger partial charge is 0.308 e. The second-order valence-corrected chi connectivity index (χ2v) is 10.8. The van der Waals surface area contributed by atoms with E-state index < -0.39 is 28.6 Å². The minimum Gasteiger partial charge on any atom is -0.481 e. The zero-order chi connectivity index (χ0) is 21.3. The van der Waals surface area contributed by atoms with Crippen molar-refractivity contribution in [1.29, 1.82) is 0 Å². The Morgan fingerprint density at radius 3 is 2.76 bits per heavy atom. The lowest BCUT2D eigenvalue weighted by molar-refractivity contribution is -0.148. The number of fused-ring (bicyclic) bond motifs is 1. The van der Waals surface area contributed by atoms with Crippen LogP contribution in [0.1, 0.15) is 32.6 Å². The van der Waals surface area contributed by atoms with Gasteiger partial charge in [-0.2, -0.15) is 0 Å². The molecule has 0 saturated carbocycles. The van der Waals surface area contributed by atoms with Crippen LogP contribution in [-0.2, 0) is 14.4 Å². The van der Waals surface area contributed by atoms with Crippen LogP contribution >= 0.6 is 27.7 Å². The van der Waals surface area contributed by atoms with Gasteiger partial charge in [0.15, 0.2) is 0 Å². The molecule has 0 aromatic carbocycles. The summed E-state index contributed by atoms with van der Waals surface area (Å²) in [5.41, 5.74) is 0. The molecule has 2 N–H and O–H groups in total. The Kier molecular flexibility index (Phi) is 7.00. The predicted octanol–water partition coefficient (Wildman–Crippen LogP) is 1.73. The number of carboxylic acid groups (broad SMARTS) is 1. The SMILES string of the molecule is C=CCN(CCCC)C(=O)C1N(CCCO)C(=O)[C@@H]2[C@@H](C(=O)O)[C@@H]3SC12CC3Br. The van der Waals surface area contributed by atoms with Gasteiger partial charge in [0.25, 0.3) is 0 Å². The molecule has 0 aliphatic carbocycles. The van der Waals surface area contributed by atoms with Crippen molar-refractivity contribution in [2.45, 2.75) is 53.5 Å². The monoisotopic (exact) mass is 488 g/mol. The summed E-state index contributed by atoms with van der Waals surface area (Å²) >= 11 is 5.12. The van der Waals surface area contributed by atoms with E-state index in [2.05, 4.69) is 29.4 Å². The Morgan fingerprint density at radius 1 is 1.45 bits per heavy atom. The molecule has 162 valence electrons. The Morgan fingerprint density at radius 2 is 2.17 bits per heavy atom. The van der Waals surface area contributed by atoms with E-state index in [9.17, 15) is 24.6 Å². The first-order valence-corrected chi connectivity index (χ1v) is 12.0. The van der Waals surface area contributed by atoms with Gasteiger partial charge in [0.05, 0.1) is 16.6 Å². The zero-order valence-corrected chi connectivity index (χ0v) is 19.0. The molecule has 3 unspecified atom stereocenters. The average Bonchev–Trinajstić information content (AvgIpc) is 3.26. The van der Waals surface area contributed by atoms with E-state index in [4.69, 9.17) is 0 Å². The van der Waals surface area contributed by atoms with E-state index in [0.717, 1.165) is 12.8 Å². The predicted molar refractivity (Wildman–Crippen MR) is 115 cm³/mol. The van der Waals surface area contributed by atoms with Crippen molar-refractivity contribution in [3.63, 3.8) is 0 Å². The first-order chi connectivity index (χ1) is 13.8. The summed E-state index contributed by atoms with van der Waals surface area (Å²) < 4.78 is -0.739. The Bertz CT molecular complexity index is 692. The van der Waals surface area contributed by atoms with Crippen LogP contribution in [-0.4, -0.2) is 84.9 Å². The molecule has 3 aliphatic rings. The third kappa shape index (κ3) is 3.63. The number of thioether (sulfide) groups is 1. The van der Waals surface area contributed by atoms with Crippen LogP contribution in [0.15, 0.2) is 12.7 Å². The van der Waals surface area contributed by atoms with Gasteiger partial charge in [-0.25, -0.2) is 0 Å². The van der Waals surface area contributed by atoms with Crippen molar-refractivity contribution in [3.05, 3.63) is 12.7 Å². The molecule has 6 atom stereocenters. The maximum Gasteiger partial charge on any atom is 0.308 e. The molecule has 3 aliphatic heterocycles. The van der Waals surface area contributed by atoms with Crippen LogP contribution in [0.2, 0.25) is 0 Å². The largest absolute Gasteiger partial charge is 0.481 e. The molecular weight excluding hydrogens is 460 g/mol. The molecule has 0 aromatic heterocycles. The molecular formula is C20H29BrN2O5S. The molecule has 7 nitrogen and oxygen atoms in total. The maximum absolute atomic E-state index is 13.7. The number of hydrogen-bond acceptors (Lipinski definition) is 5. The van der Waals surface area contributed by atoms with Gasteiger partial charge < -0.3 is 20.0 Å². The number of aliphatic hydroxyl groups excluding tert-OH is 1. The molecule has 2 amide bonds. The second kappa shape index (κ2) is 8.98. The van der Waals surface area contributed by atoms with Crippen LogP contribution in [0, 0.1) is 11.8 Å². The molecule has 29 heavy (non-hydrogen) atoms. The molecule has 9 heteroatoms. The number of nitrogens with zero attached hydrogens (tertiary/aromatic N) is 2. The number of hydrogen-bond donors (Lipinski definition) is 2. The fourth-order valence-corrected chi connectivity index (χ4v) is 8.74. The summed E-state index contributed by atoms with van der Waals surface area (Å²) in [4.78, 5) is 42.4. The van der Waals surface area contributed by atoms with Crippen LogP contribution in [0.5, 0.6) is 0 Å². The number of aliphatic carboxylic acids is 1. The summed E-state index contributed by atoms with van der Waals surface area (Å²) in [6, 6.07) is -0.706. The molecule has 3 rings (SSSR count). The number of carboxylic acids is 1. The van der Waals surface area contributed by atoms with Gasteiger partial charge >= 0.3 is 5.97 Å². The van der Waals surface area contributed by atoms with E-state index in [1.165, 1.54) is 11.8 Å². The average molecular weight is 489 g/mol. The fourth-order valence-electron chi connectivity index (χ4n) is 5.14. The third-order valence-corrected chi connectivity index (χ3v) is 9.53. The summed E-state index contributed by atoms with van der Waals surface area (Å²) in [5.74, 6) is -2.87. The van der Waals surface area contributed by atoms with Gasteiger partial charge in [-0.1, -0.05) is 35.4 Å². The topological polar surface area (TPSA) is 98.2 Å². The Balaban J connectivity index is 2.01. The van der Waals surface area contributed by atoms with E-state index in [1.54, 1.807) is 15.9 Å². The highest BCUT2D eigenvalue weighted by molar-refractivity contribution is 9.09. The molecule has 3 saturated heterocycles. The summed E-state index contributed by atoms with van der Waals surface area (Å²) in [7, 11) is 0. The number of rotatable bonds is 10. The molecule has 1 spiro atoms. The van der Waals surface area contributed by atoms with Crippen molar-refractivity contribution < 1.29 is 24.6 Å². The van der Waals surface area contributed by atoms with Crippen molar-refractivity contribution in [2.24, 2.45) is 11.8 Å². The number of carbonyl (C=O) groups is 3. The quantitative estimate of drug-likeness (QED) is 0.359. The number of alkyl halides is 1. The standard InChI is InChI=1S/C20H29BrN2O5S/c1-3-5-8-22(7-4-2)18(26)16-20-11-12(21)15(29-20)13(19(27)28)14(20)17(25)23(16)9-6-10-24/h4,12-16,24H,2-3,5-11H2,1H3,(H,27,28)/t12?,13-,14+,15-,16?,20?/m1/s1. The number of halogens is 1. The normalized spacial score (nSPS) is 35.1. The summed E-state index contributed by atoms with van der Waals surface area (Å²) in [5, 5.41) is 18.9. The number of likely N-dealkylation sites (tertiary alicyclic amines) is 1. The van der Waals surface area contributed by atoms with Crippen LogP contribution in [0.4, 0.5) is 0 Å². The van der Waals surface area contributed by atoms with Crippen molar-refractivity contribution >= 4 is 45.5 Å². The molecule has 3 fully saturated rings. The first-order valence-electron chi connectivity index (χ1n) is 10.2. The lowest BCUT2D eigenvalue weighted by Crippen LogP contribution is -2.55.